The third kappa shape index (κ3) is 4.04. The molecule has 1 unspecified atom stereocenters. The molecule has 1 aromatic rings. The van der Waals surface area contributed by atoms with Crippen LogP contribution in [0, 0.1) is 0 Å². The fourth-order valence-corrected chi connectivity index (χ4v) is 3.27. The van der Waals surface area contributed by atoms with Crippen molar-refractivity contribution >= 4 is 29.3 Å². The summed E-state index contributed by atoms with van der Waals surface area (Å²) in [6.45, 7) is 3.74. The minimum absolute atomic E-state index is 0.111. The summed E-state index contributed by atoms with van der Waals surface area (Å²) in [5, 5.41) is 2.85. The number of methoxy groups -OCH3 is 1. The normalized spacial score (nSPS) is 17.0. The van der Waals surface area contributed by atoms with Crippen molar-refractivity contribution in [2.24, 2.45) is 0 Å². The van der Waals surface area contributed by atoms with Crippen molar-refractivity contribution in [2.75, 3.05) is 24.1 Å². The molecule has 2 rings (SSSR count). The maximum atomic E-state index is 12.4. The Morgan fingerprint density at radius 3 is 2.59 bits per heavy atom. The predicted octanol–water partition coefficient (Wildman–Crippen LogP) is 2.50. The molecule has 0 radical (unpaired) electrons. The largest absolute Gasteiger partial charge is 0.497 e. The van der Waals surface area contributed by atoms with Crippen molar-refractivity contribution in [2.45, 2.75) is 19.9 Å². The molecule has 118 valence electrons. The maximum Gasteiger partial charge on any atom is 0.248 e. The van der Waals surface area contributed by atoms with E-state index in [0.717, 1.165) is 11.3 Å². The summed E-state index contributed by atoms with van der Waals surface area (Å²) in [6, 6.07) is 6.69. The van der Waals surface area contributed by atoms with E-state index in [1.165, 1.54) is 0 Å². The molecule has 0 aliphatic carbocycles. The molecule has 0 saturated carbocycles. The van der Waals surface area contributed by atoms with Crippen LogP contribution in [0.5, 0.6) is 5.75 Å². The topological polar surface area (TPSA) is 58.6 Å². The summed E-state index contributed by atoms with van der Waals surface area (Å²) in [5.41, 5.74) is 1.62. The smallest absolute Gasteiger partial charge is 0.248 e. The molecule has 0 aromatic heterocycles. The van der Waals surface area contributed by atoms with Crippen LogP contribution in [-0.2, 0) is 9.59 Å². The first-order valence-electron chi connectivity index (χ1n) is 6.99. The molecule has 1 saturated heterocycles. The number of nitrogens with zero attached hydrogens (tertiary/aromatic N) is 1. The molecule has 0 bridgehead atoms. The number of carbonyl (C=O) groups excluding carboxylic acids is 2. The van der Waals surface area contributed by atoms with Gasteiger partial charge >= 0.3 is 0 Å². The van der Waals surface area contributed by atoms with Gasteiger partial charge in [0.05, 0.1) is 13.0 Å². The number of hydrogen-bond donors (Lipinski definition) is 1. The number of benzene rings is 1. The summed E-state index contributed by atoms with van der Waals surface area (Å²) >= 11 is 1.59. The van der Waals surface area contributed by atoms with Gasteiger partial charge in [-0.25, -0.2) is 0 Å². The fourth-order valence-electron chi connectivity index (χ4n) is 2.11. The highest BCUT2D eigenvalue weighted by Gasteiger charge is 2.33. The zero-order chi connectivity index (χ0) is 16.1. The summed E-state index contributed by atoms with van der Waals surface area (Å²) < 4.78 is 5.08. The first-order valence-corrected chi connectivity index (χ1v) is 8.15. The molecule has 1 atom stereocenters. The van der Waals surface area contributed by atoms with Crippen molar-refractivity contribution in [1.82, 2.24) is 4.90 Å². The molecule has 6 heteroatoms. The summed E-state index contributed by atoms with van der Waals surface area (Å²) in [7, 11) is 1.59. The highest BCUT2D eigenvalue weighted by atomic mass is 32.2. The van der Waals surface area contributed by atoms with Gasteiger partial charge < -0.3 is 15.0 Å². The average molecular weight is 320 g/mol. The van der Waals surface area contributed by atoms with Gasteiger partial charge in [-0.1, -0.05) is 5.57 Å². The van der Waals surface area contributed by atoms with Crippen LogP contribution >= 0.6 is 11.8 Å². The monoisotopic (exact) mass is 320 g/mol. The van der Waals surface area contributed by atoms with Gasteiger partial charge in [-0.3, -0.25) is 9.59 Å². The van der Waals surface area contributed by atoms with Crippen LogP contribution in [0.3, 0.4) is 0 Å². The Morgan fingerprint density at radius 2 is 2.00 bits per heavy atom. The van der Waals surface area contributed by atoms with Crippen LogP contribution in [0.1, 0.15) is 13.8 Å². The van der Waals surface area contributed by atoms with E-state index in [0.29, 0.717) is 17.3 Å². The zero-order valence-electron chi connectivity index (χ0n) is 13.0. The molecule has 5 nitrogen and oxygen atoms in total. The summed E-state index contributed by atoms with van der Waals surface area (Å²) in [4.78, 5) is 26.2. The molecular weight excluding hydrogens is 300 g/mol. The van der Waals surface area contributed by atoms with Crippen molar-refractivity contribution in [1.29, 1.82) is 0 Å². The first kappa shape index (κ1) is 16.4. The minimum Gasteiger partial charge on any atom is -0.497 e. The van der Waals surface area contributed by atoms with Crippen LogP contribution in [0.25, 0.3) is 0 Å². The molecule has 2 amide bonds. The fraction of sp³-hybridized carbons (Fsp3) is 0.375. The van der Waals surface area contributed by atoms with Gasteiger partial charge in [0.15, 0.2) is 0 Å². The highest BCUT2D eigenvalue weighted by Crippen LogP contribution is 2.23. The van der Waals surface area contributed by atoms with E-state index in [2.05, 4.69) is 5.32 Å². The Kier molecular flexibility index (Phi) is 5.49. The predicted molar refractivity (Wildman–Crippen MR) is 89.0 cm³/mol. The lowest BCUT2D eigenvalue weighted by Crippen LogP contribution is -2.44. The number of anilines is 1. The van der Waals surface area contributed by atoms with Crippen molar-refractivity contribution in [3.63, 3.8) is 0 Å². The maximum absolute atomic E-state index is 12.4. The summed E-state index contributed by atoms with van der Waals surface area (Å²) in [6.07, 6.45) is 1.57. The van der Waals surface area contributed by atoms with Crippen LogP contribution < -0.4 is 10.1 Å². The van der Waals surface area contributed by atoms with Gasteiger partial charge in [-0.05, 0) is 38.1 Å². The molecule has 1 aliphatic rings. The second kappa shape index (κ2) is 7.35. The molecule has 1 aromatic carbocycles. The van der Waals surface area contributed by atoms with Crippen LogP contribution in [0.15, 0.2) is 35.9 Å². The first-order chi connectivity index (χ1) is 10.5. The number of hydrogen-bond acceptors (Lipinski definition) is 4. The number of thioether (sulfide) groups is 1. The molecular formula is C16H20N2O3S. The number of ether oxygens (including phenoxy) is 1. The van der Waals surface area contributed by atoms with E-state index in [9.17, 15) is 9.59 Å². The third-order valence-electron chi connectivity index (χ3n) is 3.24. The molecule has 22 heavy (non-hydrogen) atoms. The van der Waals surface area contributed by atoms with Crippen LogP contribution in [-0.4, -0.2) is 41.5 Å². The lowest BCUT2D eigenvalue weighted by atomic mass is 10.2. The van der Waals surface area contributed by atoms with Crippen molar-refractivity contribution in [3.05, 3.63) is 35.9 Å². The minimum atomic E-state index is -0.435. The van der Waals surface area contributed by atoms with Crippen LogP contribution in [0.4, 0.5) is 5.69 Å². The van der Waals surface area contributed by atoms with Crippen LogP contribution in [0.2, 0.25) is 0 Å². The Bertz CT molecular complexity index is 580. The lowest BCUT2D eigenvalue weighted by Gasteiger charge is -2.22. The van der Waals surface area contributed by atoms with Gasteiger partial charge in [-0.15, -0.1) is 11.8 Å². The summed E-state index contributed by atoms with van der Waals surface area (Å²) in [5.74, 6) is 1.62. The highest BCUT2D eigenvalue weighted by molar-refractivity contribution is 7.99. The second-order valence-corrected chi connectivity index (χ2v) is 6.26. The molecule has 1 aliphatic heterocycles. The molecule has 1 fully saturated rings. The lowest BCUT2D eigenvalue weighted by molar-refractivity contribution is -0.132. The van der Waals surface area contributed by atoms with E-state index >= 15 is 0 Å². The van der Waals surface area contributed by atoms with E-state index in [1.54, 1.807) is 54.1 Å². The van der Waals surface area contributed by atoms with E-state index in [4.69, 9.17) is 4.74 Å². The van der Waals surface area contributed by atoms with Gasteiger partial charge in [0.2, 0.25) is 11.8 Å². The molecule has 1 heterocycles. The van der Waals surface area contributed by atoms with E-state index in [1.807, 2.05) is 13.8 Å². The van der Waals surface area contributed by atoms with Gasteiger partial charge in [0.1, 0.15) is 11.8 Å². The number of carbonyl (C=O) groups is 2. The van der Waals surface area contributed by atoms with E-state index < -0.39 is 6.04 Å². The zero-order valence-corrected chi connectivity index (χ0v) is 13.8. The average Bonchev–Trinajstić information content (AvgIpc) is 2.97. The third-order valence-corrected chi connectivity index (χ3v) is 4.25. The number of amides is 2. The number of allylic oxidation sites excluding steroid dienone is 1. The quantitative estimate of drug-likeness (QED) is 0.866. The van der Waals surface area contributed by atoms with Gasteiger partial charge in [0.25, 0.3) is 0 Å². The van der Waals surface area contributed by atoms with Crippen molar-refractivity contribution in [3.8, 4) is 5.75 Å². The molecule has 0 spiro atoms. The van der Waals surface area contributed by atoms with Gasteiger partial charge in [0, 0.05) is 17.5 Å². The second-order valence-electron chi connectivity index (χ2n) is 5.26. The Morgan fingerprint density at radius 1 is 1.32 bits per heavy atom. The van der Waals surface area contributed by atoms with Gasteiger partial charge in [-0.2, -0.15) is 0 Å². The Hall–Kier alpha value is -1.95. The number of rotatable bonds is 4. The van der Waals surface area contributed by atoms with E-state index in [-0.39, 0.29) is 11.8 Å². The Labute approximate surface area is 134 Å². The molecule has 1 N–H and O–H groups in total. The standard InChI is InChI=1S/C16H20N2O3S/c1-11(2)8-15(19)18-10-22-9-14(18)16(20)17-12-4-6-13(21-3)7-5-12/h4-8,14H,9-10H2,1-3H3,(H,17,20). The Balaban J connectivity index is 2.04. The number of nitrogens with one attached hydrogen (secondary N) is 1. The van der Waals surface area contributed by atoms with Crippen molar-refractivity contribution < 1.29 is 14.3 Å². The SMILES string of the molecule is COc1ccc(NC(=O)C2CSCN2C(=O)C=C(C)C)cc1.